The number of piperazine rings is 1. The molecule has 0 spiro atoms. The Kier molecular flexibility index (Phi) is 6.48. The molecule has 0 bridgehead atoms. The van der Waals surface area contributed by atoms with Crippen molar-refractivity contribution in [3.8, 4) is 0 Å². The minimum Gasteiger partial charge on any atom is -0.465 e. The van der Waals surface area contributed by atoms with Gasteiger partial charge in [0.05, 0.1) is 22.7 Å². The molecule has 0 N–H and O–H groups in total. The van der Waals surface area contributed by atoms with Crippen LogP contribution in [-0.4, -0.2) is 62.8 Å². The van der Waals surface area contributed by atoms with Crippen LogP contribution >= 0.6 is 23.2 Å². The number of esters is 1. The van der Waals surface area contributed by atoms with E-state index in [9.17, 15) is 18.0 Å². The van der Waals surface area contributed by atoms with Crippen molar-refractivity contribution in [2.45, 2.75) is 4.90 Å². The summed E-state index contributed by atoms with van der Waals surface area (Å²) in [6, 6.07) is 10.6. The van der Waals surface area contributed by atoms with E-state index in [2.05, 4.69) is 4.74 Å². The number of carbonyl (C=O) groups is 2. The molecule has 154 valence electrons. The Morgan fingerprint density at radius 2 is 1.41 bits per heavy atom. The number of hydrogen-bond acceptors (Lipinski definition) is 5. The lowest BCUT2D eigenvalue weighted by Gasteiger charge is -2.34. The summed E-state index contributed by atoms with van der Waals surface area (Å²) < 4.78 is 31.7. The molecule has 1 fully saturated rings. The average molecular weight is 457 g/mol. The second kappa shape index (κ2) is 8.71. The zero-order valence-corrected chi connectivity index (χ0v) is 17.8. The van der Waals surface area contributed by atoms with Crippen LogP contribution in [0.4, 0.5) is 0 Å². The van der Waals surface area contributed by atoms with Gasteiger partial charge < -0.3 is 9.64 Å². The standard InChI is InChI=1S/C19H18Cl2N2O5S/c1-28-19(25)14-7-5-13(6-8-14)18(24)22-9-11-23(12-10-22)29(26,27)17-15(20)3-2-4-16(17)21/h2-8H,9-12H2,1H3. The average Bonchev–Trinajstić information content (AvgIpc) is 2.72. The first-order chi connectivity index (χ1) is 13.8. The number of carbonyl (C=O) groups excluding carboxylic acids is 2. The molecule has 0 unspecified atom stereocenters. The second-order valence-electron chi connectivity index (χ2n) is 6.32. The van der Waals surface area contributed by atoms with Crippen molar-refractivity contribution >= 4 is 45.1 Å². The third kappa shape index (κ3) is 4.40. The van der Waals surface area contributed by atoms with Crippen molar-refractivity contribution < 1.29 is 22.7 Å². The Morgan fingerprint density at radius 3 is 1.93 bits per heavy atom. The molecule has 1 aliphatic heterocycles. The summed E-state index contributed by atoms with van der Waals surface area (Å²) in [5.74, 6) is -0.727. The predicted octanol–water partition coefficient (Wildman–Crippen LogP) is 2.93. The summed E-state index contributed by atoms with van der Waals surface area (Å²) in [7, 11) is -2.59. The Bertz CT molecular complexity index is 1010. The molecule has 1 heterocycles. The van der Waals surface area contributed by atoms with E-state index in [0.717, 1.165) is 0 Å². The van der Waals surface area contributed by atoms with Crippen LogP contribution in [-0.2, 0) is 14.8 Å². The van der Waals surface area contributed by atoms with Crippen LogP contribution in [0.2, 0.25) is 10.0 Å². The van der Waals surface area contributed by atoms with Gasteiger partial charge in [-0.2, -0.15) is 4.31 Å². The lowest BCUT2D eigenvalue weighted by molar-refractivity contribution is 0.0599. The smallest absolute Gasteiger partial charge is 0.337 e. The first kappa shape index (κ1) is 21.6. The molecule has 1 saturated heterocycles. The van der Waals surface area contributed by atoms with Gasteiger partial charge in [0, 0.05) is 31.7 Å². The molecule has 3 rings (SSSR count). The third-order valence-corrected chi connectivity index (χ3v) is 7.45. The van der Waals surface area contributed by atoms with Crippen molar-refractivity contribution in [3.05, 3.63) is 63.6 Å². The Hall–Kier alpha value is -2.13. The summed E-state index contributed by atoms with van der Waals surface area (Å²) >= 11 is 12.1. The van der Waals surface area contributed by atoms with Crippen LogP contribution in [0.1, 0.15) is 20.7 Å². The van der Waals surface area contributed by atoms with Crippen molar-refractivity contribution in [2.24, 2.45) is 0 Å². The van der Waals surface area contributed by atoms with Gasteiger partial charge in [-0.3, -0.25) is 4.79 Å². The van der Waals surface area contributed by atoms with E-state index in [-0.39, 0.29) is 47.0 Å². The summed E-state index contributed by atoms with van der Waals surface area (Å²) in [5.41, 5.74) is 0.750. The van der Waals surface area contributed by atoms with Gasteiger partial charge >= 0.3 is 5.97 Å². The number of rotatable bonds is 4. The van der Waals surface area contributed by atoms with Gasteiger partial charge in [-0.05, 0) is 36.4 Å². The minimum atomic E-state index is -3.88. The highest BCUT2D eigenvalue weighted by atomic mass is 35.5. The summed E-state index contributed by atoms with van der Waals surface area (Å²) in [4.78, 5) is 25.6. The summed E-state index contributed by atoms with van der Waals surface area (Å²) in [6.07, 6.45) is 0. The molecule has 0 atom stereocenters. The fourth-order valence-electron chi connectivity index (χ4n) is 3.04. The van der Waals surface area contributed by atoms with Crippen LogP contribution in [0.25, 0.3) is 0 Å². The van der Waals surface area contributed by atoms with E-state index in [1.807, 2.05) is 0 Å². The first-order valence-corrected chi connectivity index (χ1v) is 10.9. The van der Waals surface area contributed by atoms with Crippen LogP contribution in [0, 0.1) is 0 Å². The molecular formula is C19H18Cl2N2O5S. The lowest BCUT2D eigenvalue weighted by Crippen LogP contribution is -2.50. The molecule has 2 aromatic carbocycles. The fraction of sp³-hybridized carbons (Fsp3) is 0.263. The van der Waals surface area contributed by atoms with E-state index in [4.69, 9.17) is 23.2 Å². The van der Waals surface area contributed by atoms with Crippen LogP contribution in [0.5, 0.6) is 0 Å². The molecule has 29 heavy (non-hydrogen) atoms. The molecule has 0 aromatic heterocycles. The monoisotopic (exact) mass is 456 g/mol. The molecule has 1 aliphatic rings. The lowest BCUT2D eigenvalue weighted by atomic mass is 10.1. The number of halogens is 2. The highest BCUT2D eigenvalue weighted by Crippen LogP contribution is 2.32. The number of nitrogens with zero attached hydrogens (tertiary/aromatic N) is 2. The normalized spacial score (nSPS) is 15.2. The van der Waals surface area contributed by atoms with E-state index in [1.165, 1.54) is 35.7 Å². The molecule has 10 heteroatoms. The van der Waals surface area contributed by atoms with Crippen molar-refractivity contribution in [2.75, 3.05) is 33.3 Å². The maximum Gasteiger partial charge on any atom is 0.337 e. The SMILES string of the molecule is COC(=O)c1ccc(C(=O)N2CCN(S(=O)(=O)c3c(Cl)cccc3Cl)CC2)cc1. The highest BCUT2D eigenvalue weighted by molar-refractivity contribution is 7.89. The molecule has 0 aliphatic carbocycles. The largest absolute Gasteiger partial charge is 0.465 e. The molecule has 7 nitrogen and oxygen atoms in total. The van der Waals surface area contributed by atoms with E-state index in [0.29, 0.717) is 11.1 Å². The third-order valence-electron chi connectivity index (χ3n) is 4.60. The quantitative estimate of drug-likeness (QED) is 0.660. The van der Waals surface area contributed by atoms with E-state index >= 15 is 0 Å². The van der Waals surface area contributed by atoms with E-state index in [1.54, 1.807) is 23.1 Å². The Labute approximate surface area is 178 Å². The number of ether oxygens (including phenoxy) is 1. The maximum atomic E-state index is 12.9. The number of methoxy groups -OCH3 is 1. The Balaban J connectivity index is 1.70. The molecule has 2 aromatic rings. The van der Waals surface area contributed by atoms with Crippen molar-refractivity contribution in [1.29, 1.82) is 0 Å². The molecular weight excluding hydrogens is 439 g/mol. The van der Waals surface area contributed by atoms with Gasteiger partial charge in [-0.1, -0.05) is 29.3 Å². The van der Waals surface area contributed by atoms with Gasteiger partial charge in [0.15, 0.2) is 0 Å². The number of amides is 1. The topological polar surface area (TPSA) is 84.0 Å². The second-order valence-corrected chi connectivity index (χ2v) is 9.01. The predicted molar refractivity (Wildman–Crippen MR) is 109 cm³/mol. The van der Waals surface area contributed by atoms with Crippen LogP contribution < -0.4 is 0 Å². The van der Waals surface area contributed by atoms with Crippen LogP contribution in [0.15, 0.2) is 47.4 Å². The number of benzene rings is 2. The van der Waals surface area contributed by atoms with Crippen LogP contribution in [0.3, 0.4) is 0 Å². The zero-order valence-electron chi connectivity index (χ0n) is 15.5. The van der Waals surface area contributed by atoms with E-state index < -0.39 is 16.0 Å². The van der Waals surface area contributed by atoms with Gasteiger partial charge in [0.25, 0.3) is 5.91 Å². The molecule has 0 saturated carbocycles. The Morgan fingerprint density at radius 1 is 0.897 bits per heavy atom. The minimum absolute atomic E-state index is 0.0571. The van der Waals surface area contributed by atoms with Gasteiger partial charge in [0.2, 0.25) is 10.0 Å². The number of sulfonamides is 1. The molecule has 0 radical (unpaired) electrons. The summed E-state index contributed by atoms with van der Waals surface area (Å²) in [5, 5.41) is 0.114. The zero-order chi connectivity index (χ0) is 21.2. The number of hydrogen-bond donors (Lipinski definition) is 0. The summed E-state index contributed by atoms with van der Waals surface area (Å²) in [6.45, 7) is 0.684. The van der Waals surface area contributed by atoms with Crippen molar-refractivity contribution in [1.82, 2.24) is 9.21 Å². The van der Waals surface area contributed by atoms with Gasteiger partial charge in [0.1, 0.15) is 4.90 Å². The highest BCUT2D eigenvalue weighted by Gasteiger charge is 2.33. The maximum absolute atomic E-state index is 12.9. The van der Waals surface area contributed by atoms with Gasteiger partial charge in [-0.25, -0.2) is 13.2 Å². The van der Waals surface area contributed by atoms with Crippen molar-refractivity contribution in [3.63, 3.8) is 0 Å². The fourth-order valence-corrected chi connectivity index (χ4v) is 5.55. The molecule has 1 amide bonds. The first-order valence-electron chi connectivity index (χ1n) is 8.67. The van der Waals surface area contributed by atoms with Gasteiger partial charge in [-0.15, -0.1) is 0 Å².